The molecule has 0 spiro atoms. The molecule has 21 heavy (non-hydrogen) atoms. The quantitative estimate of drug-likeness (QED) is 0.794. The third-order valence-electron chi connectivity index (χ3n) is 2.51. The van der Waals surface area contributed by atoms with Crippen molar-refractivity contribution >= 4 is 52.3 Å². The summed E-state index contributed by atoms with van der Waals surface area (Å²) in [4.78, 5) is 26.0. The molecule has 0 atom stereocenters. The molecule has 1 aromatic carbocycles. The number of anilines is 1. The fourth-order valence-corrected chi connectivity index (χ4v) is 1.96. The standard InChI is InChI=1S/C13H10Cl3N3O2/c14-7-1-3-8(4-2-7)18-11(20)6-17-13(21)10-5-9(15)12(16)19-10/h1-5,19H,6H2,(H,17,21)(H,18,20). The summed E-state index contributed by atoms with van der Waals surface area (Å²) in [5, 5.41) is 6.05. The number of carbonyl (C=O) groups is 2. The zero-order chi connectivity index (χ0) is 15.4. The molecule has 0 saturated carbocycles. The highest BCUT2D eigenvalue weighted by molar-refractivity contribution is 6.41. The number of amides is 2. The van der Waals surface area contributed by atoms with Crippen LogP contribution in [0, 0.1) is 0 Å². The Labute approximate surface area is 135 Å². The summed E-state index contributed by atoms with van der Waals surface area (Å²) in [6, 6.07) is 8.01. The van der Waals surface area contributed by atoms with Crippen LogP contribution in [0.5, 0.6) is 0 Å². The van der Waals surface area contributed by atoms with Crippen molar-refractivity contribution < 1.29 is 9.59 Å². The Hall–Kier alpha value is -1.69. The van der Waals surface area contributed by atoms with E-state index in [-0.39, 0.29) is 28.3 Å². The molecule has 8 heteroatoms. The topological polar surface area (TPSA) is 74.0 Å². The fourth-order valence-electron chi connectivity index (χ4n) is 1.52. The normalized spacial score (nSPS) is 10.2. The zero-order valence-corrected chi connectivity index (χ0v) is 12.8. The van der Waals surface area contributed by atoms with Gasteiger partial charge in [0.15, 0.2) is 0 Å². The van der Waals surface area contributed by atoms with E-state index in [0.717, 1.165) is 0 Å². The minimum Gasteiger partial charge on any atom is -0.342 e. The lowest BCUT2D eigenvalue weighted by Crippen LogP contribution is -2.33. The second kappa shape index (κ2) is 6.85. The van der Waals surface area contributed by atoms with Crippen molar-refractivity contribution in [2.24, 2.45) is 0 Å². The van der Waals surface area contributed by atoms with Gasteiger partial charge in [-0.1, -0.05) is 34.8 Å². The summed E-state index contributed by atoms with van der Waals surface area (Å²) in [6.07, 6.45) is 0. The van der Waals surface area contributed by atoms with Gasteiger partial charge in [-0.05, 0) is 30.3 Å². The number of benzene rings is 1. The number of nitrogens with one attached hydrogen (secondary N) is 3. The Morgan fingerprint density at radius 2 is 1.76 bits per heavy atom. The van der Waals surface area contributed by atoms with E-state index in [0.29, 0.717) is 10.7 Å². The second-order valence-electron chi connectivity index (χ2n) is 4.08. The molecule has 1 heterocycles. The molecule has 0 aliphatic carbocycles. The van der Waals surface area contributed by atoms with Gasteiger partial charge in [-0.15, -0.1) is 0 Å². The Morgan fingerprint density at radius 1 is 1.10 bits per heavy atom. The molecule has 0 fully saturated rings. The average molecular weight is 347 g/mol. The van der Waals surface area contributed by atoms with Crippen molar-refractivity contribution in [2.75, 3.05) is 11.9 Å². The lowest BCUT2D eigenvalue weighted by molar-refractivity contribution is -0.115. The molecule has 3 N–H and O–H groups in total. The summed E-state index contributed by atoms with van der Waals surface area (Å²) in [6.45, 7) is -0.185. The van der Waals surface area contributed by atoms with Crippen LogP contribution in [0.15, 0.2) is 30.3 Å². The monoisotopic (exact) mass is 345 g/mol. The molecular formula is C13H10Cl3N3O2. The molecule has 0 bridgehead atoms. The summed E-state index contributed by atoms with van der Waals surface area (Å²) < 4.78 is 0. The van der Waals surface area contributed by atoms with Crippen molar-refractivity contribution in [1.29, 1.82) is 0 Å². The van der Waals surface area contributed by atoms with Gasteiger partial charge in [0, 0.05) is 10.7 Å². The van der Waals surface area contributed by atoms with Crippen molar-refractivity contribution in [3.05, 3.63) is 51.2 Å². The Balaban J connectivity index is 1.86. The van der Waals surface area contributed by atoms with E-state index in [9.17, 15) is 9.59 Å². The lowest BCUT2D eigenvalue weighted by atomic mass is 10.3. The largest absolute Gasteiger partial charge is 0.342 e. The molecular weight excluding hydrogens is 337 g/mol. The van der Waals surface area contributed by atoms with E-state index in [2.05, 4.69) is 15.6 Å². The van der Waals surface area contributed by atoms with Crippen LogP contribution in [0.3, 0.4) is 0 Å². The number of H-pyrrole nitrogens is 1. The van der Waals surface area contributed by atoms with Gasteiger partial charge in [0.25, 0.3) is 5.91 Å². The third kappa shape index (κ3) is 4.39. The van der Waals surface area contributed by atoms with E-state index >= 15 is 0 Å². The third-order valence-corrected chi connectivity index (χ3v) is 3.45. The molecule has 110 valence electrons. The summed E-state index contributed by atoms with van der Waals surface area (Å²) >= 11 is 17.2. The van der Waals surface area contributed by atoms with E-state index in [1.165, 1.54) is 6.07 Å². The van der Waals surface area contributed by atoms with Crippen LogP contribution in [0.25, 0.3) is 0 Å². The highest BCUT2D eigenvalue weighted by Crippen LogP contribution is 2.21. The number of halogens is 3. The number of rotatable bonds is 4. The van der Waals surface area contributed by atoms with Crippen molar-refractivity contribution in [2.45, 2.75) is 0 Å². The van der Waals surface area contributed by atoms with Gasteiger partial charge in [-0.2, -0.15) is 0 Å². The first-order valence-corrected chi connectivity index (χ1v) is 6.96. The van der Waals surface area contributed by atoms with Crippen LogP contribution in [-0.2, 0) is 4.79 Å². The molecule has 0 radical (unpaired) electrons. The number of hydrogen-bond acceptors (Lipinski definition) is 2. The molecule has 1 aromatic heterocycles. The van der Waals surface area contributed by atoms with E-state index in [1.807, 2.05) is 0 Å². The Bertz CT molecular complexity index is 648. The molecule has 0 saturated heterocycles. The minimum atomic E-state index is -0.477. The maximum atomic E-state index is 11.8. The minimum absolute atomic E-state index is 0.174. The molecule has 2 aromatic rings. The van der Waals surface area contributed by atoms with Crippen LogP contribution < -0.4 is 10.6 Å². The summed E-state index contributed by atoms with van der Waals surface area (Å²) in [7, 11) is 0. The number of hydrogen-bond donors (Lipinski definition) is 3. The van der Waals surface area contributed by atoms with Gasteiger partial charge >= 0.3 is 0 Å². The molecule has 2 rings (SSSR count). The summed E-state index contributed by atoms with van der Waals surface area (Å²) in [5.41, 5.74) is 0.772. The number of aromatic nitrogens is 1. The van der Waals surface area contributed by atoms with Crippen LogP contribution in [0.2, 0.25) is 15.2 Å². The average Bonchev–Trinajstić information content (AvgIpc) is 2.79. The van der Waals surface area contributed by atoms with Crippen LogP contribution in [0.4, 0.5) is 5.69 Å². The van der Waals surface area contributed by atoms with Crippen molar-refractivity contribution in [3.8, 4) is 0 Å². The Morgan fingerprint density at radius 3 is 2.33 bits per heavy atom. The van der Waals surface area contributed by atoms with Crippen molar-refractivity contribution in [3.63, 3.8) is 0 Å². The van der Waals surface area contributed by atoms with Crippen molar-refractivity contribution in [1.82, 2.24) is 10.3 Å². The molecule has 5 nitrogen and oxygen atoms in total. The summed E-state index contributed by atoms with van der Waals surface area (Å²) in [5.74, 6) is -0.843. The van der Waals surface area contributed by atoms with Crippen LogP contribution in [-0.4, -0.2) is 23.3 Å². The van der Waals surface area contributed by atoms with Gasteiger partial charge in [-0.25, -0.2) is 0 Å². The molecule has 0 aliphatic heterocycles. The first-order valence-electron chi connectivity index (χ1n) is 5.83. The highest BCUT2D eigenvalue weighted by atomic mass is 35.5. The van der Waals surface area contributed by atoms with Crippen LogP contribution >= 0.6 is 34.8 Å². The maximum absolute atomic E-state index is 11.8. The first-order chi connectivity index (χ1) is 9.95. The SMILES string of the molecule is O=C(CNC(=O)c1cc(Cl)c(Cl)[nH]1)Nc1ccc(Cl)cc1. The van der Waals surface area contributed by atoms with E-state index in [1.54, 1.807) is 24.3 Å². The van der Waals surface area contributed by atoms with Gasteiger partial charge < -0.3 is 15.6 Å². The number of carbonyl (C=O) groups excluding carboxylic acids is 2. The molecule has 0 unspecified atom stereocenters. The van der Waals surface area contributed by atoms with Gasteiger partial charge in [-0.3, -0.25) is 9.59 Å². The van der Waals surface area contributed by atoms with Gasteiger partial charge in [0.2, 0.25) is 5.91 Å². The number of aromatic amines is 1. The Kier molecular flexibility index (Phi) is 5.12. The predicted octanol–water partition coefficient (Wildman–Crippen LogP) is 3.34. The van der Waals surface area contributed by atoms with Gasteiger partial charge in [0.1, 0.15) is 10.8 Å². The van der Waals surface area contributed by atoms with Gasteiger partial charge in [0.05, 0.1) is 11.6 Å². The van der Waals surface area contributed by atoms with Crippen LogP contribution in [0.1, 0.15) is 10.5 Å². The van der Waals surface area contributed by atoms with E-state index < -0.39 is 5.91 Å². The first kappa shape index (κ1) is 15.7. The van der Waals surface area contributed by atoms with E-state index in [4.69, 9.17) is 34.8 Å². The maximum Gasteiger partial charge on any atom is 0.268 e. The zero-order valence-electron chi connectivity index (χ0n) is 10.5. The highest BCUT2D eigenvalue weighted by Gasteiger charge is 2.12. The predicted molar refractivity (Wildman–Crippen MR) is 83.2 cm³/mol. The lowest BCUT2D eigenvalue weighted by Gasteiger charge is -2.06. The molecule has 0 aliphatic rings. The fraction of sp³-hybridized carbons (Fsp3) is 0.0769. The second-order valence-corrected chi connectivity index (χ2v) is 5.30. The smallest absolute Gasteiger partial charge is 0.268 e. The molecule has 2 amide bonds.